The second-order valence-corrected chi connectivity index (χ2v) is 11.6. The number of aliphatic hydroxyl groups is 1. The van der Waals surface area contributed by atoms with Gasteiger partial charge in [-0.25, -0.2) is 0 Å². The fourth-order valence-corrected chi connectivity index (χ4v) is 7.27. The maximum absolute atomic E-state index is 13.9. The van der Waals surface area contributed by atoms with Gasteiger partial charge in [0.05, 0.1) is 17.9 Å². The fourth-order valence-electron chi connectivity index (χ4n) is 6.33. The molecule has 2 aromatic rings. The number of alkyl halides is 1. The summed E-state index contributed by atoms with van der Waals surface area (Å²) in [5.41, 5.74) is 0.862. The normalized spacial score (nSPS) is 29.4. The van der Waals surface area contributed by atoms with Crippen LogP contribution in [0.1, 0.15) is 36.8 Å². The summed E-state index contributed by atoms with van der Waals surface area (Å²) in [7, 11) is 0. The van der Waals surface area contributed by atoms with E-state index < -0.39 is 29.6 Å². The molecule has 3 aliphatic heterocycles. The van der Waals surface area contributed by atoms with Crippen molar-refractivity contribution in [3.63, 3.8) is 0 Å². The van der Waals surface area contributed by atoms with Crippen LogP contribution in [0, 0.1) is 11.8 Å². The minimum Gasteiger partial charge on any atom is -0.396 e. The fraction of sp³-hybridized carbons (Fsp3) is 0.483. The van der Waals surface area contributed by atoms with Crippen LogP contribution in [-0.4, -0.2) is 63.5 Å². The summed E-state index contributed by atoms with van der Waals surface area (Å²) in [4.78, 5) is 42.7. The minimum absolute atomic E-state index is 0.0845. The molecule has 3 aliphatic rings. The first-order chi connectivity index (χ1) is 18.5. The largest absolute Gasteiger partial charge is 0.396 e. The highest BCUT2D eigenvalue weighted by Crippen LogP contribution is 2.60. The summed E-state index contributed by atoms with van der Waals surface area (Å²) in [5, 5.41) is 15.2. The third-order valence-corrected chi connectivity index (χ3v) is 8.86. The van der Waals surface area contributed by atoms with E-state index in [0.29, 0.717) is 38.9 Å². The number of rotatable bonds is 11. The molecule has 3 N–H and O–H groups in total. The van der Waals surface area contributed by atoms with Crippen LogP contribution in [-0.2, 0) is 32.2 Å². The molecule has 3 unspecified atom stereocenters. The van der Waals surface area contributed by atoms with Crippen molar-refractivity contribution in [3.05, 3.63) is 71.8 Å². The molecule has 202 valence electrons. The van der Waals surface area contributed by atoms with Crippen molar-refractivity contribution in [3.8, 4) is 0 Å². The van der Waals surface area contributed by atoms with Crippen molar-refractivity contribution >= 4 is 33.7 Å². The smallest absolute Gasteiger partial charge is 0.246 e. The van der Waals surface area contributed by atoms with Gasteiger partial charge in [-0.2, -0.15) is 0 Å². The summed E-state index contributed by atoms with van der Waals surface area (Å²) in [6.07, 6.45) is 2.02. The van der Waals surface area contributed by atoms with Crippen LogP contribution in [0.25, 0.3) is 0 Å². The van der Waals surface area contributed by atoms with Gasteiger partial charge in [0.25, 0.3) is 0 Å². The Kier molecular flexibility index (Phi) is 8.16. The quantitative estimate of drug-likeness (QED) is 0.278. The van der Waals surface area contributed by atoms with Gasteiger partial charge >= 0.3 is 0 Å². The molecule has 2 aromatic carbocycles. The number of amides is 3. The highest BCUT2D eigenvalue weighted by atomic mass is 79.9. The number of benzene rings is 2. The Hall–Kier alpha value is -2.75. The Morgan fingerprint density at radius 1 is 0.947 bits per heavy atom. The van der Waals surface area contributed by atoms with Gasteiger partial charge in [0.2, 0.25) is 17.7 Å². The second kappa shape index (κ2) is 11.6. The van der Waals surface area contributed by atoms with Crippen LogP contribution in [0.15, 0.2) is 60.7 Å². The monoisotopic (exact) mass is 583 g/mol. The van der Waals surface area contributed by atoms with Crippen molar-refractivity contribution in [2.75, 3.05) is 13.2 Å². The highest BCUT2D eigenvalue weighted by molar-refractivity contribution is 9.09. The van der Waals surface area contributed by atoms with E-state index >= 15 is 0 Å². The van der Waals surface area contributed by atoms with Crippen LogP contribution in [0.3, 0.4) is 0 Å². The third kappa shape index (κ3) is 4.99. The molecule has 0 aliphatic carbocycles. The minimum atomic E-state index is -1.07. The van der Waals surface area contributed by atoms with Crippen LogP contribution >= 0.6 is 15.9 Å². The second-order valence-electron chi connectivity index (χ2n) is 10.4. The highest BCUT2D eigenvalue weighted by Gasteiger charge is 2.76. The maximum atomic E-state index is 13.9. The van der Waals surface area contributed by atoms with Crippen molar-refractivity contribution < 1.29 is 24.2 Å². The number of hydrogen-bond acceptors (Lipinski definition) is 5. The molecular formula is C29H34BrN3O5. The lowest BCUT2D eigenvalue weighted by Crippen LogP contribution is -2.56. The SMILES string of the molecule is O=C(NCc1ccccc1)C1N(CCCCCO)C(=O)[C@@H]2[C@@H](C(=O)NCc3ccccc3)[C@@H]3OC12CC3Br. The van der Waals surface area contributed by atoms with Gasteiger partial charge in [0.1, 0.15) is 11.6 Å². The summed E-state index contributed by atoms with van der Waals surface area (Å²) < 4.78 is 6.52. The van der Waals surface area contributed by atoms with Crippen molar-refractivity contribution in [1.29, 1.82) is 0 Å². The lowest BCUT2D eigenvalue weighted by atomic mass is 9.70. The molecule has 38 heavy (non-hydrogen) atoms. The lowest BCUT2D eigenvalue weighted by Gasteiger charge is -2.34. The molecule has 8 nitrogen and oxygen atoms in total. The van der Waals surface area contributed by atoms with E-state index in [-0.39, 0.29) is 29.2 Å². The van der Waals surface area contributed by atoms with Gasteiger partial charge in [0, 0.05) is 31.1 Å². The molecule has 0 aromatic heterocycles. The number of likely N-dealkylation sites (tertiary alicyclic amines) is 1. The summed E-state index contributed by atoms with van der Waals surface area (Å²) >= 11 is 3.70. The summed E-state index contributed by atoms with van der Waals surface area (Å²) in [6, 6.07) is 18.4. The van der Waals surface area contributed by atoms with Gasteiger partial charge in [-0.1, -0.05) is 76.6 Å². The molecule has 3 saturated heterocycles. The molecule has 1 spiro atoms. The summed E-state index contributed by atoms with van der Waals surface area (Å²) in [5.74, 6) is -2.10. The van der Waals surface area contributed by atoms with E-state index in [2.05, 4.69) is 26.6 Å². The van der Waals surface area contributed by atoms with Crippen LogP contribution in [0.2, 0.25) is 0 Å². The number of hydrogen-bond donors (Lipinski definition) is 3. The number of unbranched alkanes of at least 4 members (excludes halogenated alkanes) is 2. The van der Waals surface area contributed by atoms with E-state index in [4.69, 9.17) is 4.74 Å². The number of ether oxygens (including phenoxy) is 1. The average Bonchev–Trinajstić information content (AvgIpc) is 3.53. The first kappa shape index (κ1) is 26.8. The molecule has 3 fully saturated rings. The summed E-state index contributed by atoms with van der Waals surface area (Å²) in [6.45, 7) is 1.16. The lowest BCUT2D eigenvalue weighted by molar-refractivity contribution is -0.142. The number of nitrogens with zero attached hydrogens (tertiary/aromatic N) is 1. The molecular weight excluding hydrogens is 550 g/mol. The number of carbonyl (C=O) groups excluding carboxylic acids is 3. The predicted octanol–water partition coefficient (Wildman–Crippen LogP) is 2.53. The molecule has 5 rings (SSSR count). The predicted molar refractivity (Wildman–Crippen MR) is 145 cm³/mol. The Balaban J connectivity index is 1.39. The zero-order valence-electron chi connectivity index (χ0n) is 21.2. The average molecular weight is 585 g/mol. The van der Waals surface area contributed by atoms with E-state index in [1.165, 1.54) is 0 Å². The van der Waals surface area contributed by atoms with Crippen LogP contribution in [0.5, 0.6) is 0 Å². The number of carbonyl (C=O) groups is 3. The third-order valence-electron chi connectivity index (χ3n) is 8.02. The Bertz CT molecular complexity index is 1150. The molecule has 9 heteroatoms. The zero-order valence-corrected chi connectivity index (χ0v) is 22.8. The Morgan fingerprint density at radius 2 is 1.55 bits per heavy atom. The molecule has 3 heterocycles. The van der Waals surface area contributed by atoms with Crippen molar-refractivity contribution in [2.24, 2.45) is 11.8 Å². The van der Waals surface area contributed by atoms with Crippen LogP contribution in [0.4, 0.5) is 0 Å². The molecule has 0 radical (unpaired) electrons. The van der Waals surface area contributed by atoms with E-state index in [0.717, 1.165) is 17.5 Å². The standard InChI is InChI=1S/C29H34BrN3O5/c30-21-16-29-23(22(24(21)38-29)26(35)31-17-19-10-4-1-5-11-19)28(37)33(14-8-3-9-15-34)25(29)27(36)32-18-20-12-6-2-7-13-20/h1-2,4-7,10-13,21-25,34H,3,8-9,14-18H2,(H,31,35)(H,32,36)/t21?,22-,23+,24-,25?,29?/m1/s1. The molecule has 3 amide bonds. The topological polar surface area (TPSA) is 108 Å². The number of fused-ring (bicyclic) bond motifs is 1. The number of aliphatic hydroxyl groups excluding tert-OH is 1. The van der Waals surface area contributed by atoms with E-state index in [1.807, 2.05) is 60.7 Å². The first-order valence-corrected chi connectivity index (χ1v) is 14.2. The number of nitrogens with one attached hydrogen (secondary N) is 2. The van der Waals surface area contributed by atoms with Gasteiger partial charge in [-0.05, 0) is 36.8 Å². The van der Waals surface area contributed by atoms with Gasteiger partial charge < -0.3 is 25.4 Å². The van der Waals surface area contributed by atoms with Crippen molar-refractivity contribution in [1.82, 2.24) is 15.5 Å². The van der Waals surface area contributed by atoms with Gasteiger partial charge in [-0.15, -0.1) is 0 Å². The Labute approximate surface area is 231 Å². The van der Waals surface area contributed by atoms with E-state index in [9.17, 15) is 19.5 Å². The zero-order chi connectivity index (χ0) is 26.7. The maximum Gasteiger partial charge on any atom is 0.246 e. The Morgan fingerprint density at radius 3 is 2.16 bits per heavy atom. The van der Waals surface area contributed by atoms with E-state index in [1.54, 1.807) is 4.90 Å². The van der Waals surface area contributed by atoms with Crippen molar-refractivity contribution in [2.45, 2.75) is 61.3 Å². The van der Waals surface area contributed by atoms with Gasteiger partial charge in [0.15, 0.2) is 0 Å². The molecule has 2 bridgehead atoms. The molecule has 0 saturated carbocycles. The first-order valence-electron chi connectivity index (χ1n) is 13.3. The van der Waals surface area contributed by atoms with Crippen LogP contribution < -0.4 is 10.6 Å². The molecule has 6 atom stereocenters. The van der Waals surface area contributed by atoms with Gasteiger partial charge in [-0.3, -0.25) is 14.4 Å². The number of halogens is 1.